The molecule has 1 aromatic heterocycles. The molecule has 0 bridgehead atoms. The Hall–Kier alpha value is -2.21. The van der Waals surface area contributed by atoms with Crippen molar-refractivity contribution in [2.45, 2.75) is 20.8 Å². The quantitative estimate of drug-likeness (QED) is 0.846. The molecule has 21 heavy (non-hydrogen) atoms. The average Bonchev–Trinajstić information content (AvgIpc) is 2.43. The predicted octanol–water partition coefficient (Wildman–Crippen LogP) is 2.59. The highest BCUT2D eigenvalue weighted by Gasteiger charge is 2.15. The molecule has 0 spiro atoms. The van der Waals surface area contributed by atoms with Crippen LogP contribution in [-0.2, 0) is 0 Å². The van der Waals surface area contributed by atoms with Crippen molar-refractivity contribution in [3.63, 3.8) is 0 Å². The highest BCUT2D eigenvalue weighted by molar-refractivity contribution is 7.80. The number of rotatable bonds is 4. The number of hydrogen-bond acceptors (Lipinski definition) is 5. The predicted molar refractivity (Wildman–Crippen MR) is 88.2 cm³/mol. The van der Waals surface area contributed by atoms with E-state index < -0.39 is 0 Å². The van der Waals surface area contributed by atoms with E-state index in [0.717, 1.165) is 16.9 Å². The first kappa shape index (κ1) is 15.2. The maximum absolute atomic E-state index is 9.72. The standard InChI is InChI=1S/C15H18N4OS/c1-4-19(13-8-11(20)6-5-9(13)2)15-17-10(3)7-12(18-15)14(16)21/h5-8,20H,4H2,1-3H3,(H2,16,21). The van der Waals surface area contributed by atoms with Gasteiger partial charge in [-0.25, -0.2) is 9.97 Å². The number of phenols is 1. The van der Waals surface area contributed by atoms with Crippen LogP contribution >= 0.6 is 12.2 Å². The van der Waals surface area contributed by atoms with Crippen LogP contribution in [0.4, 0.5) is 11.6 Å². The second kappa shape index (κ2) is 6.05. The number of thiocarbonyl (C=S) groups is 1. The normalized spacial score (nSPS) is 10.4. The highest BCUT2D eigenvalue weighted by Crippen LogP contribution is 2.29. The molecule has 110 valence electrons. The summed E-state index contributed by atoms with van der Waals surface area (Å²) in [7, 11) is 0. The molecule has 0 radical (unpaired) electrons. The van der Waals surface area contributed by atoms with Crippen LogP contribution in [0.5, 0.6) is 5.75 Å². The van der Waals surface area contributed by atoms with E-state index in [9.17, 15) is 5.11 Å². The molecule has 2 rings (SSSR count). The second-order valence-electron chi connectivity index (χ2n) is 4.77. The van der Waals surface area contributed by atoms with Gasteiger partial charge in [-0.05, 0) is 38.5 Å². The Morgan fingerprint density at radius 3 is 2.62 bits per heavy atom. The van der Waals surface area contributed by atoms with Gasteiger partial charge >= 0.3 is 0 Å². The van der Waals surface area contributed by atoms with E-state index in [0.29, 0.717) is 18.2 Å². The van der Waals surface area contributed by atoms with Crippen molar-refractivity contribution in [2.24, 2.45) is 5.73 Å². The van der Waals surface area contributed by atoms with Crippen LogP contribution in [-0.4, -0.2) is 26.6 Å². The third kappa shape index (κ3) is 3.28. The number of hydrogen-bond donors (Lipinski definition) is 2. The monoisotopic (exact) mass is 302 g/mol. The molecule has 3 N–H and O–H groups in total. The fraction of sp³-hybridized carbons (Fsp3) is 0.267. The van der Waals surface area contributed by atoms with Crippen molar-refractivity contribution in [2.75, 3.05) is 11.4 Å². The van der Waals surface area contributed by atoms with Gasteiger partial charge < -0.3 is 15.7 Å². The van der Waals surface area contributed by atoms with Gasteiger partial charge in [-0.1, -0.05) is 18.3 Å². The Labute approximate surface area is 129 Å². The molecule has 6 heteroatoms. The zero-order valence-electron chi connectivity index (χ0n) is 12.3. The molecular formula is C15H18N4OS. The van der Waals surface area contributed by atoms with Gasteiger partial charge in [0.25, 0.3) is 0 Å². The summed E-state index contributed by atoms with van der Waals surface area (Å²) in [6.45, 7) is 6.50. The van der Waals surface area contributed by atoms with Crippen molar-refractivity contribution >= 4 is 28.8 Å². The largest absolute Gasteiger partial charge is 0.508 e. The first-order valence-corrected chi connectivity index (χ1v) is 7.06. The van der Waals surface area contributed by atoms with Gasteiger partial charge in [0.05, 0.1) is 5.69 Å². The molecule has 1 aromatic carbocycles. The van der Waals surface area contributed by atoms with Gasteiger partial charge in [-0.3, -0.25) is 0 Å². The summed E-state index contributed by atoms with van der Waals surface area (Å²) in [6.07, 6.45) is 0. The lowest BCUT2D eigenvalue weighted by Crippen LogP contribution is -2.22. The number of nitrogens with two attached hydrogens (primary N) is 1. The third-order valence-electron chi connectivity index (χ3n) is 3.14. The fourth-order valence-corrected chi connectivity index (χ4v) is 2.21. The molecule has 0 amide bonds. The van der Waals surface area contributed by atoms with Crippen molar-refractivity contribution in [1.29, 1.82) is 0 Å². The zero-order chi connectivity index (χ0) is 15.6. The number of aromatic hydroxyl groups is 1. The van der Waals surface area contributed by atoms with E-state index in [1.807, 2.05) is 31.7 Å². The number of benzene rings is 1. The Kier molecular flexibility index (Phi) is 4.37. The first-order chi connectivity index (χ1) is 9.92. The van der Waals surface area contributed by atoms with Gasteiger partial charge in [0.1, 0.15) is 16.4 Å². The van der Waals surface area contributed by atoms with Crippen LogP contribution in [0, 0.1) is 13.8 Å². The summed E-state index contributed by atoms with van der Waals surface area (Å²) in [5.74, 6) is 0.727. The maximum Gasteiger partial charge on any atom is 0.230 e. The minimum absolute atomic E-state index is 0.205. The Balaban J connectivity index is 2.56. The van der Waals surface area contributed by atoms with Gasteiger partial charge in [-0.2, -0.15) is 0 Å². The summed E-state index contributed by atoms with van der Waals surface area (Å²) >= 11 is 5.00. The van der Waals surface area contributed by atoms with Crippen LogP contribution in [0.15, 0.2) is 24.3 Å². The van der Waals surface area contributed by atoms with E-state index in [-0.39, 0.29) is 10.7 Å². The molecule has 0 aliphatic carbocycles. The zero-order valence-corrected chi connectivity index (χ0v) is 13.1. The molecular weight excluding hydrogens is 284 g/mol. The van der Waals surface area contributed by atoms with E-state index in [2.05, 4.69) is 9.97 Å². The third-order valence-corrected chi connectivity index (χ3v) is 3.35. The van der Waals surface area contributed by atoms with Gasteiger partial charge in [0, 0.05) is 18.3 Å². The molecule has 5 nitrogen and oxygen atoms in total. The molecule has 0 atom stereocenters. The first-order valence-electron chi connectivity index (χ1n) is 6.65. The number of aromatic nitrogens is 2. The molecule has 2 aromatic rings. The van der Waals surface area contributed by atoms with Crippen LogP contribution in [0.3, 0.4) is 0 Å². The molecule has 0 saturated heterocycles. The summed E-state index contributed by atoms with van der Waals surface area (Å²) < 4.78 is 0. The minimum atomic E-state index is 0.205. The molecule has 0 saturated carbocycles. The van der Waals surface area contributed by atoms with Crippen LogP contribution in [0.25, 0.3) is 0 Å². The Morgan fingerprint density at radius 1 is 1.29 bits per heavy atom. The topological polar surface area (TPSA) is 75.3 Å². The van der Waals surface area contributed by atoms with E-state index in [1.54, 1.807) is 18.2 Å². The highest BCUT2D eigenvalue weighted by atomic mass is 32.1. The lowest BCUT2D eigenvalue weighted by molar-refractivity contribution is 0.475. The fourth-order valence-electron chi connectivity index (χ4n) is 2.11. The van der Waals surface area contributed by atoms with Crippen LogP contribution in [0.1, 0.15) is 23.9 Å². The van der Waals surface area contributed by atoms with Gasteiger partial charge in [0.2, 0.25) is 5.95 Å². The maximum atomic E-state index is 9.72. The number of nitrogens with zero attached hydrogens (tertiary/aromatic N) is 3. The summed E-state index contributed by atoms with van der Waals surface area (Å²) in [5, 5.41) is 9.72. The molecule has 1 heterocycles. The van der Waals surface area contributed by atoms with E-state index in [1.165, 1.54) is 0 Å². The molecule has 0 aliphatic rings. The summed E-state index contributed by atoms with van der Waals surface area (Å²) in [4.78, 5) is 11.0. The van der Waals surface area contributed by atoms with Crippen molar-refractivity contribution < 1.29 is 5.11 Å². The number of phenolic OH excluding ortho intramolecular Hbond substituents is 1. The van der Waals surface area contributed by atoms with E-state index in [4.69, 9.17) is 18.0 Å². The Morgan fingerprint density at radius 2 is 2.00 bits per heavy atom. The summed E-state index contributed by atoms with van der Waals surface area (Å²) in [6, 6.07) is 6.97. The van der Waals surface area contributed by atoms with Crippen LogP contribution in [0.2, 0.25) is 0 Å². The lowest BCUT2D eigenvalue weighted by atomic mass is 10.1. The minimum Gasteiger partial charge on any atom is -0.508 e. The lowest BCUT2D eigenvalue weighted by Gasteiger charge is -2.23. The van der Waals surface area contributed by atoms with E-state index >= 15 is 0 Å². The van der Waals surface area contributed by atoms with Gasteiger partial charge in [0.15, 0.2) is 0 Å². The SMILES string of the molecule is CCN(c1nc(C)cc(C(N)=S)n1)c1cc(O)ccc1C. The van der Waals surface area contributed by atoms with Gasteiger partial charge in [-0.15, -0.1) is 0 Å². The number of anilines is 2. The molecule has 0 unspecified atom stereocenters. The summed E-state index contributed by atoms with van der Waals surface area (Å²) in [5.41, 5.74) is 8.89. The van der Waals surface area contributed by atoms with Crippen molar-refractivity contribution in [1.82, 2.24) is 9.97 Å². The molecule has 0 fully saturated rings. The smallest absolute Gasteiger partial charge is 0.230 e. The Bertz CT molecular complexity index is 687. The second-order valence-corrected chi connectivity index (χ2v) is 5.21. The average molecular weight is 302 g/mol. The number of aryl methyl sites for hydroxylation is 2. The van der Waals surface area contributed by atoms with Crippen LogP contribution < -0.4 is 10.6 Å². The molecule has 0 aliphatic heterocycles. The van der Waals surface area contributed by atoms with Crippen molar-refractivity contribution in [3.8, 4) is 5.75 Å². The van der Waals surface area contributed by atoms with Crippen molar-refractivity contribution in [3.05, 3.63) is 41.2 Å².